The standard InChI is InChI=1S/C7H7BrO.Mg/c1-9-7-5-3-2-4-6(7)8;/h2-5H,1H3;. The summed E-state index contributed by atoms with van der Waals surface area (Å²) in [5.41, 5.74) is 0. The third-order valence-corrected chi connectivity index (χ3v) is 1.71. The third-order valence-electron chi connectivity index (χ3n) is 1.06. The Bertz CT molecular complexity index is 203. The average Bonchev–Trinajstić information content (AvgIpc) is 1.89. The first-order valence-corrected chi connectivity index (χ1v) is 3.42. The van der Waals surface area contributed by atoms with E-state index in [-0.39, 0.29) is 23.1 Å². The minimum absolute atomic E-state index is 0. The maximum Gasteiger partial charge on any atom is 0.133 e. The van der Waals surface area contributed by atoms with Gasteiger partial charge in [0, 0.05) is 23.1 Å². The molecule has 0 unspecified atom stereocenters. The summed E-state index contributed by atoms with van der Waals surface area (Å²) in [5.74, 6) is 0.873. The molecule has 2 radical (unpaired) electrons. The Kier molecular flexibility index (Phi) is 5.12. The molecule has 1 aromatic carbocycles. The van der Waals surface area contributed by atoms with Crippen molar-refractivity contribution in [3.63, 3.8) is 0 Å². The Hall–Kier alpha value is 0.266. The monoisotopic (exact) mass is 210 g/mol. The van der Waals surface area contributed by atoms with Gasteiger partial charge in [-0.2, -0.15) is 0 Å². The molecule has 0 saturated carbocycles. The van der Waals surface area contributed by atoms with Gasteiger partial charge in [0.1, 0.15) is 5.75 Å². The van der Waals surface area contributed by atoms with E-state index in [1.54, 1.807) is 7.11 Å². The number of hydrogen-bond donors (Lipinski definition) is 0. The maximum atomic E-state index is 5.00. The number of ether oxygens (including phenoxy) is 1. The molecule has 0 N–H and O–H groups in total. The van der Waals surface area contributed by atoms with Gasteiger partial charge >= 0.3 is 0 Å². The Labute approximate surface area is 85.0 Å². The van der Waals surface area contributed by atoms with Crippen LogP contribution >= 0.6 is 15.9 Å². The first kappa shape index (κ1) is 10.3. The number of methoxy groups -OCH3 is 1. The van der Waals surface area contributed by atoms with E-state index in [0.717, 1.165) is 10.2 Å². The fourth-order valence-electron chi connectivity index (χ4n) is 0.610. The zero-order chi connectivity index (χ0) is 6.69. The highest BCUT2D eigenvalue weighted by atomic mass is 79.9. The normalized spacial score (nSPS) is 8.20. The summed E-state index contributed by atoms with van der Waals surface area (Å²) < 4.78 is 5.99. The van der Waals surface area contributed by atoms with Gasteiger partial charge in [0.15, 0.2) is 0 Å². The zero-order valence-electron chi connectivity index (χ0n) is 5.80. The van der Waals surface area contributed by atoms with E-state index in [0.29, 0.717) is 0 Å². The Morgan fingerprint density at radius 2 is 1.90 bits per heavy atom. The van der Waals surface area contributed by atoms with Gasteiger partial charge in [-0.25, -0.2) is 0 Å². The minimum Gasteiger partial charge on any atom is -0.496 e. The van der Waals surface area contributed by atoms with Crippen LogP contribution in [-0.4, -0.2) is 30.2 Å². The highest BCUT2D eigenvalue weighted by Crippen LogP contribution is 2.22. The van der Waals surface area contributed by atoms with Crippen molar-refractivity contribution in [2.45, 2.75) is 0 Å². The van der Waals surface area contributed by atoms with Gasteiger partial charge in [0.25, 0.3) is 0 Å². The van der Waals surface area contributed by atoms with Crippen LogP contribution in [0, 0.1) is 0 Å². The summed E-state index contributed by atoms with van der Waals surface area (Å²) in [7, 11) is 1.65. The van der Waals surface area contributed by atoms with Crippen molar-refractivity contribution in [2.75, 3.05) is 7.11 Å². The molecular formula is C7H7BrMgO. The van der Waals surface area contributed by atoms with Gasteiger partial charge in [0.05, 0.1) is 11.6 Å². The molecule has 1 rings (SSSR count). The average molecular weight is 211 g/mol. The second-order valence-corrected chi connectivity index (χ2v) is 2.49. The van der Waals surface area contributed by atoms with Crippen molar-refractivity contribution < 1.29 is 4.74 Å². The van der Waals surface area contributed by atoms with Gasteiger partial charge < -0.3 is 4.74 Å². The first-order valence-electron chi connectivity index (χ1n) is 2.63. The predicted octanol–water partition coefficient (Wildman–Crippen LogP) is 2.08. The van der Waals surface area contributed by atoms with Gasteiger partial charge in [-0.05, 0) is 28.1 Å². The number of halogens is 1. The van der Waals surface area contributed by atoms with Crippen LogP contribution in [-0.2, 0) is 0 Å². The van der Waals surface area contributed by atoms with Gasteiger partial charge in [-0.3, -0.25) is 0 Å². The molecule has 1 aromatic rings. The molecule has 1 nitrogen and oxygen atoms in total. The lowest BCUT2D eigenvalue weighted by Crippen LogP contribution is -1.81. The van der Waals surface area contributed by atoms with E-state index < -0.39 is 0 Å². The van der Waals surface area contributed by atoms with Crippen LogP contribution < -0.4 is 4.74 Å². The predicted molar refractivity (Wildman–Crippen MR) is 46.4 cm³/mol. The highest BCUT2D eigenvalue weighted by Gasteiger charge is 1.92. The summed E-state index contributed by atoms with van der Waals surface area (Å²) >= 11 is 3.33. The maximum absolute atomic E-state index is 5.00. The summed E-state index contributed by atoms with van der Waals surface area (Å²) in [6.07, 6.45) is 0. The van der Waals surface area contributed by atoms with E-state index in [1.807, 2.05) is 24.3 Å². The second kappa shape index (κ2) is 4.99. The summed E-state index contributed by atoms with van der Waals surface area (Å²) in [4.78, 5) is 0. The van der Waals surface area contributed by atoms with E-state index in [1.165, 1.54) is 0 Å². The van der Waals surface area contributed by atoms with Crippen molar-refractivity contribution in [2.24, 2.45) is 0 Å². The molecule has 0 atom stereocenters. The summed E-state index contributed by atoms with van der Waals surface area (Å²) in [5, 5.41) is 0. The van der Waals surface area contributed by atoms with Crippen LogP contribution in [0.4, 0.5) is 0 Å². The molecule has 50 valence electrons. The van der Waals surface area contributed by atoms with Crippen LogP contribution in [0.2, 0.25) is 0 Å². The van der Waals surface area contributed by atoms with Crippen molar-refractivity contribution in [1.29, 1.82) is 0 Å². The molecule has 0 aliphatic heterocycles. The molecule has 0 aliphatic rings. The van der Waals surface area contributed by atoms with Crippen molar-refractivity contribution >= 4 is 39.0 Å². The van der Waals surface area contributed by atoms with Crippen LogP contribution in [0.1, 0.15) is 0 Å². The van der Waals surface area contributed by atoms with Crippen molar-refractivity contribution in [1.82, 2.24) is 0 Å². The van der Waals surface area contributed by atoms with Crippen molar-refractivity contribution in [3.05, 3.63) is 28.7 Å². The number of para-hydroxylation sites is 1. The summed E-state index contributed by atoms with van der Waals surface area (Å²) in [6.45, 7) is 0. The van der Waals surface area contributed by atoms with Crippen LogP contribution in [0.3, 0.4) is 0 Å². The van der Waals surface area contributed by atoms with Gasteiger partial charge in [0.2, 0.25) is 0 Å². The number of rotatable bonds is 1. The molecule has 0 amide bonds. The molecule has 0 aromatic heterocycles. The van der Waals surface area contributed by atoms with Crippen molar-refractivity contribution in [3.8, 4) is 5.75 Å². The lowest BCUT2D eigenvalue weighted by atomic mass is 10.3. The van der Waals surface area contributed by atoms with E-state index in [9.17, 15) is 0 Å². The SMILES string of the molecule is COc1ccccc1Br.[Mg]. The molecular weight excluding hydrogens is 204 g/mol. The van der Waals surface area contributed by atoms with E-state index in [2.05, 4.69) is 15.9 Å². The number of hydrogen-bond acceptors (Lipinski definition) is 1. The zero-order valence-corrected chi connectivity index (χ0v) is 8.80. The molecule has 0 fully saturated rings. The molecule has 0 saturated heterocycles. The smallest absolute Gasteiger partial charge is 0.133 e. The first-order chi connectivity index (χ1) is 4.34. The Morgan fingerprint density at radius 3 is 2.30 bits per heavy atom. The largest absolute Gasteiger partial charge is 0.496 e. The van der Waals surface area contributed by atoms with E-state index >= 15 is 0 Å². The second-order valence-electron chi connectivity index (χ2n) is 1.63. The summed E-state index contributed by atoms with van der Waals surface area (Å²) in [6, 6.07) is 7.74. The molecule has 3 heteroatoms. The molecule has 0 spiro atoms. The lowest BCUT2D eigenvalue weighted by molar-refractivity contribution is 0.412. The highest BCUT2D eigenvalue weighted by molar-refractivity contribution is 9.10. The third kappa shape index (κ3) is 2.48. The fourth-order valence-corrected chi connectivity index (χ4v) is 1.06. The molecule has 0 aliphatic carbocycles. The van der Waals surface area contributed by atoms with Gasteiger partial charge in [-0.15, -0.1) is 0 Å². The topological polar surface area (TPSA) is 9.23 Å². The van der Waals surface area contributed by atoms with Crippen LogP contribution in [0.5, 0.6) is 5.75 Å². The Morgan fingerprint density at radius 1 is 1.30 bits per heavy atom. The quantitative estimate of drug-likeness (QED) is 0.646. The fraction of sp³-hybridized carbons (Fsp3) is 0.143. The number of benzene rings is 1. The Balaban J connectivity index is 0.000000810. The molecule has 0 heterocycles. The van der Waals surface area contributed by atoms with Gasteiger partial charge in [-0.1, -0.05) is 12.1 Å². The molecule has 10 heavy (non-hydrogen) atoms. The lowest BCUT2D eigenvalue weighted by Gasteiger charge is -1.99. The molecule has 0 bridgehead atoms. The van der Waals surface area contributed by atoms with Crippen LogP contribution in [0.15, 0.2) is 28.7 Å². The van der Waals surface area contributed by atoms with Crippen LogP contribution in [0.25, 0.3) is 0 Å². The minimum atomic E-state index is 0. The van der Waals surface area contributed by atoms with E-state index in [4.69, 9.17) is 4.74 Å².